The number of aliphatic carboxylic acids is 2. The summed E-state index contributed by atoms with van der Waals surface area (Å²) in [5.41, 5.74) is 7.35. The van der Waals surface area contributed by atoms with E-state index in [4.69, 9.17) is 25.9 Å². The Bertz CT molecular complexity index is 1130. The molecule has 11 heteroatoms. The number of nitrogens with one attached hydrogen (secondary N) is 1. The molecule has 0 aliphatic heterocycles. The van der Waals surface area contributed by atoms with Crippen LogP contribution in [0.25, 0.3) is 0 Å². The van der Waals surface area contributed by atoms with Gasteiger partial charge in [0.15, 0.2) is 5.75 Å². The number of carboxylic acids is 2. The van der Waals surface area contributed by atoms with Crippen LogP contribution in [0.3, 0.4) is 0 Å². The average molecular weight is 515 g/mol. The summed E-state index contributed by atoms with van der Waals surface area (Å²) in [6.07, 6.45) is 0.357. The molecule has 2 atom stereocenters. The first-order valence-corrected chi connectivity index (χ1v) is 10.9. The fraction of sp³-hybridized carbons (Fsp3) is 0.231. The van der Waals surface area contributed by atoms with Crippen molar-refractivity contribution in [1.82, 2.24) is 5.32 Å². The molecule has 0 radical (unpaired) electrons. The van der Waals surface area contributed by atoms with Crippen LogP contribution in [0.4, 0.5) is 0 Å². The Labute approximate surface area is 213 Å². The molecule has 0 aliphatic rings. The van der Waals surface area contributed by atoms with Gasteiger partial charge in [-0.25, -0.2) is 14.5 Å². The smallest absolute Gasteiger partial charge is 0.381 e. The van der Waals surface area contributed by atoms with Crippen LogP contribution < -0.4 is 15.9 Å². The Balaban J connectivity index is 0.000000371. The summed E-state index contributed by atoms with van der Waals surface area (Å²) in [5.74, 6) is -2.88. The normalized spacial score (nSPS) is 11.5. The second kappa shape index (κ2) is 14.7. The second-order valence-electron chi connectivity index (χ2n) is 8.04. The number of carboxylic acid groups (broad SMARTS) is 2. The van der Waals surface area contributed by atoms with Crippen LogP contribution in [0.5, 0.6) is 11.5 Å². The zero-order valence-corrected chi connectivity index (χ0v) is 20.5. The van der Waals surface area contributed by atoms with E-state index in [1.54, 1.807) is 36.4 Å². The Morgan fingerprint density at radius 1 is 0.865 bits per heavy atom. The molecule has 0 aromatic heterocycles. The Morgan fingerprint density at radius 3 is 1.84 bits per heavy atom. The molecule has 6 N–H and O–H groups in total. The summed E-state index contributed by atoms with van der Waals surface area (Å²) in [7, 11) is 0. The fourth-order valence-corrected chi connectivity index (χ4v) is 2.53. The number of phenols is 1. The van der Waals surface area contributed by atoms with Gasteiger partial charge in [-0.15, -0.1) is 0 Å². The number of phenolic OH excluding ortho intramolecular Hbond substituents is 1. The minimum Gasteiger partial charge on any atom is -0.508 e. The van der Waals surface area contributed by atoms with Gasteiger partial charge in [0.05, 0.1) is 0 Å². The third-order valence-electron chi connectivity index (χ3n) is 4.63. The first-order valence-electron chi connectivity index (χ1n) is 10.9. The lowest BCUT2D eigenvalue weighted by atomic mass is 10.1. The van der Waals surface area contributed by atoms with Gasteiger partial charge in [0.1, 0.15) is 17.8 Å². The van der Waals surface area contributed by atoms with E-state index in [-0.39, 0.29) is 29.7 Å². The second-order valence-corrected chi connectivity index (χ2v) is 8.04. The molecule has 0 aliphatic carbocycles. The van der Waals surface area contributed by atoms with E-state index in [2.05, 4.69) is 23.4 Å². The zero-order chi connectivity index (χ0) is 28.1. The van der Waals surface area contributed by atoms with E-state index >= 15 is 0 Å². The monoisotopic (exact) mass is 514 g/mol. The van der Waals surface area contributed by atoms with E-state index in [0.717, 1.165) is 5.56 Å². The maximum Gasteiger partial charge on any atom is 0.381 e. The molecule has 2 aromatic rings. The number of carbonyl (C=O) groups is 4. The highest BCUT2D eigenvalue weighted by atomic mass is 17.2. The lowest BCUT2D eigenvalue weighted by molar-refractivity contribution is -0.208. The largest absolute Gasteiger partial charge is 0.508 e. The van der Waals surface area contributed by atoms with Gasteiger partial charge in [0, 0.05) is 17.6 Å². The molecule has 0 saturated heterocycles. The molecule has 11 nitrogen and oxygen atoms in total. The molecule has 198 valence electrons. The number of aromatic hydroxyl groups is 1. The van der Waals surface area contributed by atoms with Crippen molar-refractivity contribution in [3.05, 3.63) is 84.0 Å². The van der Waals surface area contributed by atoms with Crippen molar-refractivity contribution in [2.45, 2.75) is 38.8 Å². The van der Waals surface area contributed by atoms with Crippen LogP contribution in [-0.4, -0.2) is 51.2 Å². The van der Waals surface area contributed by atoms with Crippen LogP contribution in [0.2, 0.25) is 0 Å². The number of hydrogen-bond acceptors (Lipinski definition) is 8. The molecule has 0 spiro atoms. The molecule has 0 bridgehead atoms. The molecular formula is C26H30N2O9. The SMILES string of the molecule is C=C(C)C(=O)N[C@@H](Cc1ccc(O)cc1)C(=O)O.C=C(C)C(=O)OOc1ccc(C[C@H](N)C(=O)O)cc1. The van der Waals surface area contributed by atoms with Gasteiger partial charge in [-0.05, 0) is 55.7 Å². The van der Waals surface area contributed by atoms with Crippen LogP contribution in [0.1, 0.15) is 25.0 Å². The van der Waals surface area contributed by atoms with Crippen molar-refractivity contribution in [2.24, 2.45) is 5.73 Å². The summed E-state index contributed by atoms with van der Waals surface area (Å²) in [6.45, 7) is 9.87. The standard InChI is InChI=1S/C13H15NO5.C13H15NO4/c1-8(2)13(17)19-18-10-5-3-9(4-6-10)7-11(14)12(15)16;1-8(2)12(16)14-11(13(17)18)7-9-3-5-10(15)6-4-9/h3-6,11H,1,7,14H2,2H3,(H,15,16);3-6,11,15H,1,7H2,2H3,(H,14,16)(H,17,18)/t2*11-/m00/s1. The highest BCUT2D eigenvalue weighted by Gasteiger charge is 2.20. The highest BCUT2D eigenvalue weighted by Crippen LogP contribution is 2.14. The fourth-order valence-electron chi connectivity index (χ4n) is 2.53. The van der Waals surface area contributed by atoms with Crippen LogP contribution in [0, 0.1) is 0 Å². The van der Waals surface area contributed by atoms with E-state index < -0.39 is 35.9 Å². The lowest BCUT2D eigenvalue weighted by Crippen LogP contribution is -2.42. The molecule has 37 heavy (non-hydrogen) atoms. The van der Waals surface area contributed by atoms with Gasteiger partial charge >= 0.3 is 17.9 Å². The third kappa shape index (κ3) is 11.6. The number of carbonyl (C=O) groups excluding carboxylic acids is 2. The van der Waals surface area contributed by atoms with Crippen LogP contribution in [-0.2, 0) is 36.9 Å². The molecule has 0 unspecified atom stereocenters. The third-order valence-corrected chi connectivity index (χ3v) is 4.63. The molecule has 0 saturated carbocycles. The van der Waals surface area contributed by atoms with E-state index in [0.29, 0.717) is 11.3 Å². The summed E-state index contributed by atoms with van der Waals surface area (Å²) in [6, 6.07) is 10.6. The van der Waals surface area contributed by atoms with Crippen LogP contribution in [0.15, 0.2) is 72.8 Å². The number of hydrogen-bond donors (Lipinski definition) is 5. The predicted octanol–water partition coefficient (Wildman–Crippen LogP) is 2.13. The van der Waals surface area contributed by atoms with E-state index in [1.165, 1.54) is 26.0 Å². The van der Waals surface area contributed by atoms with Crippen molar-refractivity contribution in [2.75, 3.05) is 0 Å². The van der Waals surface area contributed by atoms with Gasteiger partial charge in [0.25, 0.3) is 0 Å². The Morgan fingerprint density at radius 2 is 1.38 bits per heavy atom. The Kier molecular flexibility index (Phi) is 12.1. The van der Waals surface area contributed by atoms with Gasteiger partial charge in [-0.3, -0.25) is 14.5 Å². The molecule has 0 heterocycles. The molecular weight excluding hydrogens is 484 g/mol. The minimum absolute atomic E-state index is 0.108. The first kappa shape index (κ1) is 30.4. The van der Waals surface area contributed by atoms with Crippen molar-refractivity contribution in [3.63, 3.8) is 0 Å². The lowest BCUT2D eigenvalue weighted by Gasteiger charge is -2.14. The number of nitrogens with two attached hydrogens (primary N) is 1. The Hall–Kier alpha value is -4.64. The average Bonchev–Trinajstić information content (AvgIpc) is 2.84. The number of amides is 1. The quantitative estimate of drug-likeness (QED) is 0.169. The van der Waals surface area contributed by atoms with Gasteiger partial charge < -0.3 is 26.4 Å². The highest BCUT2D eigenvalue weighted by molar-refractivity contribution is 5.94. The van der Waals surface area contributed by atoms with Crippen LogP contribution >= 0.6 is 0 Å². The van der Waals surface area contributed by atoms with Crippen molar-refractivity contribution in [1.29, 1.82) is 0 Å². The van der Waals surface area contributed by atoms with Gasteiger partial charge in [-0.1, -0.05) is 37.4 Å². The first-order chi connectivity index (χ1) is 17.3. The summed E-state index contributed by atoms with van der Waals surface area (Å²) < 4.78 is 0. The predicted molar refractivity (Wildman–Crippen MR) is 133 cm³/mol. The molecule has 1 amide bonds. The van der Waals surface area contributed by atoms with E-state index in [9.17, 15) is 19.2 Å². The molecule has 2 aromatic carbocycles. The molecule has 2 rings (SSSR count). The van der Waals surface area contributed by atoms with Crippen molar-refractivity contribution >= 4 is 23.8 Å². The van der Waals surface area contributed by atoms with Crippen molar-refractivity contribution in [3.8, 4) is 11.5 Å². The van der Waals surface area contributed by atoms with E-state index in [1.807, 2.05) is 0 Å². The van der Waals surface area contributed by atoms with Crippen molar-refractivity contribution < 1.29 is 44.3 Å². The van der Waals surface area contributed by atoms with Gasteiger partial charge in [-0.2, -0.15) is 0 Å². The maximum absolute atomic E-state index is 11.4. The summed E-state index contributed by atoms with van der Waals surface area (Å²) in [5, 5.41) is 29.2. The minimum atomic E-state index is -1.11. The van der Waals surface area contributed by atoms with Gasteiger partial charge in [0.2, 0.25) is 5.91 Å². The zero-order valence-electron chi connectivity index (χ0n) is 20.5. The maximum atomic E-state index is 11.4. The molecule has 0 fully saturated rings. The number of rotatable bonds is 11. The summed E-state index contributed by atoms with van der Waals surface area (Å²) in [4.78, 5) is 53.4. The topological polar surface area (TPSA) is 185 Å². The number of benzene rings is 2. The summed E-state index contributed by atoms with van der Waals surface area (Å²) >= 11 is 0.